The zero-order chi connectivity index (χ0) is 32.0. The highest BCUT2D eigenvalue weighted by atomic mass is 16.5. The molecule has 0 radical (unpaired) electrons. The van der Waals surface area contributed by atoms with Crippen LogP contribution in [-0.2, 0) is 14.3 Å². The van der Waals surface area contributed by atoms with Crippen LogP contribution in [0.3, 0.4) is 0 Å². The van der Waals surface area contributed by atoms with Crippen LogP contribution < -0.4 is 28.4 Å². The number of cyclic esters (lactones) is 1. The molecule has 232 valence electrons. The van der Waals surface area contributed by atoms with Crippen molar-refractivity contribution in [1.82, 2.24) is 4.90 Å². The van der Waals surface area contributed by atoms with Crippen molar-refractivity contribution in [2.75, 3.05) is 49.7 Å². The Labute approximate surface area is 257 Å². The normalized spacial score (nSPS) is 18.8. The summed E-state index contributed by atoms with van der Waals surface area (Å²) in [5.41, 5.74) is 1.93. The molecule has 2 atom stereocenters. The van der Waals surface area contributed by atoms with Crippen molar-refractivity contribution in [2.45, 2.75) is 19.1 Å². The van der Waals surface area contributed by atoms with E-state index in [1.165, 1.54) is 42.7 Å². The number of carbonyl (C=O) groups is 2. The zero-order valence-corrected chi connectivity index (χ0v) is 26.1. The fraction of sp³-hybridized carbons (Fsp3) is 0.294. The maximum atomic E-state index is 14.3. The molecule has 1 amide bonds. The van der Waals surface area contributed by atoms with Crippen LogP contribution in [0.25, 0.3) is 12.2 Å². The van der Waals surface area contributed by atoms with Crippen LogP contribution in [0.2, 0.25) is 0 Å². The molecular weight excluding hydrogens is 566 g/mol. The molecule has 1 heterocycles. The maximum absolute atomic E-state index is 14.3. The van der Waals surface area contributed by atoms with Crippen molar-refractivity contribution in [3.63, 3.8) is 0 Å². The molecule has 10 nitrogen and oxygen atoms in total. The standard InChI is InChI=1S/C34H37NO9/c1-20-30(23-12-10-9-11-13-23)44-34(37)25(15-22-18-28(40-5)32(43-8)29(19-22)41-6)24(33(36)35(20)2)14-21-16-26(38-3)31(42-7)27(17-21)39-4/h9-20,30H,1-8H3/b24-14+,25-15+/t20-,30-/m0/s1. The fourth-order valence-electron chi connectivity index (χ4n) is 5.05. The number of benzene rings is 3. The minimum Gasteiger partial charge on any atom is -0.493 e. The summed E-state index contributed by atoms with van der Waals surface area (Å²) in [4.78, 5) is 29.9. The number of methoxy groups -OCH3 is 6. The van der Waals surface area contributed by atoms with Crippen LogP contribution >= 0.6 is 0 Å². The van der Waals surface area contributed by atoms with Gasteiger partial charge in [-0.1, -0.05) is 30.3 Å². The van der Waals surface area contributed by atoms with E-state index >= 15 is 0 Å². The second kappa shape index (κ2) is 13.9. The average Bonchev–Trinajstić information content (AvgIpc) is 3.06. The molecule has 0 N–H and O–H groups in total. The van der Waals surface area contributed by atoms with E-state index in [9.17, 15) is 9.59 Å². The number of nitrogens with zero attached hydrogens (tertiary/aromatic N) is 1. The van der Waals surface area contributed by atoms with E-state index < -0.39 is 18.1 Å². The van der Waals surface area contributed by atoms with Crippen LogP contribution in [0.1, 0.15) is 29.7 Å². The predicted molar refractivity (Wildman–Crippen MR) is 166 cm³/mol. The van der Waals surface area contributed by atoms with Crippen LogP contribution in [0, 0.1) is 0 Å². The van der Waals surface area contributed by atoms with E-state index in [1.54, 1.807) is 48.4 Å². The van der Waals surface area contributed by atoms with Crippen molar-refractivity contribution in [2.24, 2.45) is 0 Å². The van der Waals surface area contributed by atoms with E-state index in [0.29, 0.717) is 45.6 Å². The van der Waals surface area contributed by atoms with E-state index in [1.807, 2.05) is 37.3 Å². The highest BCUT2D eigenvalue weighted by molar-refractivity contribution is 6.15. The molecule has 1 fully saturated rings. The second-order valence-electron chi connectivity index (χ2n) is 9.93. The van der Waals surface area contributed by atoms with Crippen molar-refractivity contribution >= 4 is 24.0 Å². The summed E-state index contributed by atoms with van der Waals surface area (Å²) >= 11 is 0. The molecule has 10 heteroatoms. The van der Waals surface area contributed by atoms with Gasteiger partial charge < -0.3 is 38.1 Å². The molecule has 0 aliphatic carbocycles. The van der Waals surface area contributed by atoms with Gasteiger partial charge in [0.2, 0.25) is 11.5 Å². The summed E-state index contributed by atoms with van der Waals surface area (Å²) in [6.45, 7) is 1.84. The minimum absolute atomic E-state index is 0.0257. The topological polar surface area (TPSA) is 102 Å². The lowest BCUT2D eigenvalue weighted by atomic mass is 9.94. The zero-order valence-electron chi connectivity index (χ0n) is 26.1. The lowest BCUT2D eigenvalue weighted by Crippen LogP contribution is -2.44. The largest absolute Gasteiger partial charge is 0.493 e. The predicted octanol–water partition coefficient (Wildman–Crippen LogP) is 5.35. The van der Waals surface area contributed by atoms with Crippen molar-refractivity contribution in [1.29, 1.82) is 0 Å². The van der Waals surface area contributed by atoms with Crippen LogP contribution in [-0.4, -0.2) is 72.5 Å². The van der Waals surface area contributed by atoms with Gasteiger partial charge in [-0.15, -0.1) is 0 Å². The molecule has 44 heavy (non-hydrogen) atoms. The third kappa shape index (κ3) is 6.29. The van der Waals surface area contributed by atoms with Gasteiger partial charge in [0.15, 0.2) is 23.0 Å². The molecule has 0 aromatic heterocycles. The van der Waals surface area contributed by atoms with Gasteiger partial charge in [-0.3, -0.25) is 4.79 Å². The van der Waals surface area contributed by atoms with Crippen LogP contribution in [0.15, 0.2) is 65.7 Å². The SMILES string of the molecule is COc1cc(/C=C2/C(=O)O[C@H](c3ccccc3)[C@H](C)N(C)C(=O)/C2=C/c2cc(OC)c(OC)c(OC)c2)cc(OC)c1OC. The van der Waals surface area contributed by atoms with Crippen molar-refractivity contribution < 1.29 is 42.7 Å². The smallest absolute Gasteiger partial charge is 0.339 e. The molecule has 1 aliphatic rings. The van der Waals surface area contributed by atoms with Gasteiger partial charge in [-0.25, -0.2) is 4.79 Å². The minimum atomic E-state index is -0.719. The third-order valence-electron chi connectivity index (χ3n) is 7.47. The lowest BCUT2D eigenvalue weighted by molar-refractivity contribution is -0.152. The number of esters is 1. The number of hydrogen-bond donors (Lipinski definition) is 0. The number of hydrogen-bond acceptors (Lipinski definition) is 9. The number of ether oxygens (including phenoxy) is 7. The van der Waals surface area contributed by atoms with Gasteiger partial charge in [0.05, 0.1) is 59.8 Å². The Balaban J connectivity index is 1.98. The summed E-state index contributed by atoms with van der Waals surface area (Å²) in [6.07, 6.45) is 2.45. The summed E-state index contributed by atoms with van der Waals surface area (Å²) in [7, 11) is 10.7. The molecule has 0 bridgehead atoms. The summed E-state index contributed by atoms with van der Waals surface area (Å²) in [6, 6.07) is 15.6. The maximum Gasteiger partial charge on any atom is 0.339 e. The van der Waals surface area contributed by atoms with Gasteiger partial charge in [-0.2, -0.15) is 0 Å². The molecule has 3 aromatic carbocycles. The van der Waals surface area contributed by atoms with Gasteiger partial charge in [0.1, 0.15) is 6.10 Å². The number of carbonyl (C=O) groups excluding carboxylic acids is 2. The highest BCUT2D eigenvalue weighted by Gasteiger charge is 2.37. The Hall–Kier alpha value is -5.12. The summed E-state index contributed by atoms with van der Waals surface area (Å²) in [5, 5.41) is 0. The lowest BCUT2D eigenvalue weighted by Gasteiger charge is -2.35. The van der Waals surface area contributed by atoms with Crippen molar-refractivity contribution in [3.05, 3.63) is 82.4 Å². The molecular formula is C34H37NO9. The molecule has 3 aromatic rings. The van der Waals surface area contributed by atoms with Gasteiger partial charge in [0, 0.05) is 7.05 Å². The van der Waals surface area contributed by atoms with E-state index in [2.05, 4.69) is 0 Å². The Morgan fingerprint density at radius 2 is 1.09 bits per heavy atom. The Morgan fingerprint density at radius 1 is 0.659 bits per heavy atom. The first-order chi connectivity index (χ1) is 21.2. The molecule has 4 rings (SSSR count). The Kier molecular flexibility index (Phi) is 10.0. The molecule has 0 spiro atoms. The quantitative estimate of drug-likeness (QED) is 0.237. The van der Waals surface area contributed by atoms with Crippen molar-refractivity contribution in [3.8, 4) is 34.5 Å². The van der Waals surface area contributed by atoms with Gasteiger partial charge >= 0.3 is 5.97 Å². The van der Waals surface area contributed by atoms with Gasteiger partial charge in [-0.05, 0) is 60.0 Å². The first-order valence-electron chi connectivity index (χ1n) is 13.8. The van der Waals surface area contributed by atoms with E-state index in [-0.39, 0.29) is 17.1 Å². The average molecular weight is 604 g/mol. The van der Waals surface area contributed by atoms with Crippen LogP contribution in [0.5, 0.6) is 34.5 Å². The molecule has 0 unspecified atom stereocenters. The number of likely N-dealkylation sites (N-methyl/N-ethyl adjacent to an activating group) is 1. The number of rotatable bonds is 9. The Bertz CT molecular complexity index is 1530. The summed E-state index contributed by atoms with van der Waals surface area (Å²) in [5.74, 6) is 1.26. The monoisotopic (exact) mass is 603 g/mol. The molecule has 1 aliphatic heterocycles. The fourth-order valence-corrected chi connectivity index (χ4v) is 5.05. The summed E-state index contributed by atoms with van der Waals surface area (Å²) < 4.78 is 39.2. The second-order valence-corrected chi connectivity index (χ2v) is 9.93. The van der Waals surface area contributed by atoms with E-state index in [4.69, 9.17) is 33.2 Å². The van der Waals surface area contributed by atoms with E-state index in [0.717, 1.165) is 5.56 Å². The third-order valence-corrected chi connectivity index (χ3v) is 7.47. The Morgan fingerprint density at radius 3 is 1.50 bits per heavy atom. The first kappa shape index (κ1) is 31.8. The molecule has 1 saturated heterocycles. The highest BCUT2D eigenvalue weighted by Crippen LogP contribution is 2.41. The van der Waals surface area contributed by atoms with Gasteiger partial charge in [0.25, 0.3) is 5.91 Å². The molecule has 0 saturated carbocycles. The number of amides is 1. The van der Waals surface area contributed by atoms with Crippen LogP contribution in [0.4, 0.5) is 0 Å². The first-order valence-corrected chi connectivity index (χ1v) is 13.8.